The zero-order valence-corrected chi connectivity index (χ0v) is 12.4. The number of halogens is 1. The first-order chi connectivity index (χ1) is 10.1. The molecule has 1 aromatic carbocycles. The van der Waals surface area contributed by atoms with E-state index >= 15 is 0 Å². The SMILES string of the molecule is O=C(O)CCN1CCC(c2nsc3cc(F)ccc23)CC1. The van der Waals surface area contributed by atoms with Crippen molar-refractivity contribution < 1.29 is 14.3 Å². The number of carboxylic acids is 1. The monoisotopic (exact) mass is 308 g/mol. The first kappa shape index (κ1) is 14.4. The predicted octanol–water partition coefficient (Wildman–Crippen LogP) is 3.09. The van der Waals surface area contributed by atoms with Crippen molar-refractivity contribution in [2.24, 2.45) is 0 Å². The number of carboxylic acid groups (broad SMARTS) is 1. The topological polar surface area (TPSA) is 53.4 Å². The van der Waals surface area contributed by atoms with E-state index in [1.807, 2.05) is 6.07 Å². The Balaban J connectivity index is 1.67. The Hall–Kier alpha value is -1.53. The van der Waals surface area contributed by atoms with Gasteiger partial charge in [0.1, 0.15) is 5.82 Å². The average molecular weight is 308 g/mol. The molecule has 1 N–H and O–H groups in total. The molecule has 1 fully saturated rings. The van der Waals surface area contributed by atoms with Gasteiger partial charge < -0.3 is 10.0 Å². The van der Waals surface area contributed by atoms with Gasteiger partial charge in [0.15, 0.2) is 0 Å². The fraction of sp³-hybridized carbons (Fsp3) is 0.467. The van der Waals surface area contributed by atoms with Gasteiger partial charge in [-0.1, -0.05) is 0 Å². The number of piperidine rings is 1. The van der Waals surface area contributed by atoms with Crippen LogP contribution in [0.4, 0.5) is 4.39 Å². The molecule has 6 heteroatoms. The zero-order chi connectivity index (χ0) is 14.8. The van der Waals surface area contributed by atoms with Crippen molar-refractivity contribution in [3.63, 3.8) is 0 Å². The molecule has 2 aromatic rings. The van der Waals surface area contributed by atoms with Crippen LogP contribution in [0.15, 0.2) is 18.2 Å². The molecule has 1 aliphatic heterocycles. The van der Waals surface area contributed by atoms with Gasteiger partial charge in [-0.3, -0.25) is 4.79 Å². The number of carbonyl (C=O) groups is 1. The minimum atomic E-state index is -0.746. The summed E-state index contributed by atoms with van der Waals surface area (Å²) in [4.78, 5) is 12.8. The van der Waals surface area contributed by atoms with E-state index in [2.05, 4.69) is 9.27 Å². The zero-order valence-electron chi connectivity index (χ0n) is 11.6. The van der Waals surface area contributed by atoms with E-state index in [1.54, 1.807) is 6.07 Å². The second-order valence-corrected chi connectivity index (χ2v) is 6.27. The standard InChI is InChI=1S/C15H17FN2O2S/c16-11-1-2-12-13(9-11)21-17-15(12)10-3-6-18(7-4-10)8-5-14(19)20/h1-2,9-10H,3-8H2,(H,19,20). The molecule has 0 atom stereocenters. The van der Waals surface area contributed by atoms with Crippen LogP contribution in [-0.2, 0) is 4.79 Å². The second-order valence-electron chi connectivity index (χ2n) is 5.47. The molecule has 0 spiro atoms. The molecule has 3 rings (SSSR count). The van der Waals surface area contributed by atoms with Gasteiger partial charge in [0, 0.05) is 17.8 Å². The number of nitrogens with zero attached hydrogens (tertiary/aromatic N) is 2. The van der Waals surface area contributed by atoms with Crippen LogP contribution in [0.25, 0.3) is 10.1 Å². The summed E-state index contributed by atoms with van der Waals surface area (Å²) in [6.45, 7) is 2.42. The number of rotatable bonds is 4. The van der Waals surface area contributed by atoms with Gasteiger partial charge in [-0.05, 0) is 55.7 Å². The lowest BCUT2D eigenvalue weighted by Crippen LogP contribution is -2.34. The summed E-state index contributed by atoms with van der Waals surface area (Å²) in [5, 5.41) is 9.78. The third kappa shape index (κ3) is 3.22. The van der Waals surface area contributed by atoms with Crippen molar-refractivity contribution in [1.29, 1.82) is 0 Å². The number of hydrogen-bond donors (Lipinski definition) is 1. The van der Waals surface area contributed by atoms with Crippen molar-refractivity contribution in [1.82, 2.24) is 9.27 Å². The van der Waals surface area contributed by atoms with Gasteiger partial charge >= 0.3 is 5.97 Å². The lowest BCUT2D eigenvalue weighted by Gasteiger charge is -2.30. The van der Waals surface area contributed by atoms with Crippen LogP contribution in [0.5, 0.6) is 0 Å². The minimum Gasteiger partial charge on any atom is -0.481 e. The highest BCUT2D eigenvalue weighted by Crippen LogP contribution is 2.34. The largest absolute Gasteiger partial charge is 0.481 e. The third-order valence-electron chi connectivity index (χ3n) is 4.08. The Morgan fingerprint density at radius 1 is 1.43 bits per heavy atom. The van der Waals surface area contributed by atoms with Crippen molar-refractivity contribution in [3.8, 4) is 0 Å². The van der Waals surface area contributed by atoms with E-state index in [0.29, 0.717) is 12.5 Å². The van der Waals surface area contributed by atoms with Crippen LogP contribution in [-0.4, -0.2) is 40.0 Å². The van der Waals surface area contributed by atoms with Crippen LogP contribution in [0.1, 0.15) is 30.9 Å². The van der Waals surface area contributed by atoms with Crippen LogP contribution < -0.4 is 0 Å². The van der Waals surface area contributed by atoms with E-state index in [1.165, 1.54) is 17.6 Å². The Bertz CT molecular complexity index is 650. The highest BCUT2D eigenvalue weighted by atomic mass is 32.1. The quantitative estimate of drug-likeness (QED) is 0.943. The molecule has 0 saturated carbocycles. The van der Waals surface area contributed by atoms with Crippen LogP contribution in [0.3, 0.4) is 0 Å². The first-order valence-electron chi connectivity index (χ1n) is 7.12. The Kier molecular flexibility index (Phi) is 4.17. The molecule has 2 heterocycles. The maximum Gasteiger partial charge on any atom is 0.304 e. The molecule has 1 aromatic heterocycles. The second kappa shape index (κ2) is 6.07. The maximum atomic E-state index is 13.2. The molecule has 0 amide bonds. The average Bonchev–Trinajstić information content (AvgIpc) is 2.88. The molecule has 112 valence electrons. The summed E-state index contributed by atoms with van der Waals surface area (Å²) in [5.74, 6) is -0.573. The number of fused-ring (bicyclic) bond motifs is 1. The van der Waals surface area contributed by atoms with E-state index in [9.17, 15) is 9.18 Å². The molecule has 21 heavy (non-hydrogen) atoms. The Morgan fingerprint density at radius 2 is 2.19 bits per heavy atom. The molecular weight excluding hydrogens is 291 g/mol. The molecule has 1 saturated heterocycles. The first-order valence-corrected chi connectivity index (χ1v) is 7.90. The number of aromatic nitrogens is 1. The van der Waals surface area contributed by atoms with Crippen molar-refractivity contribution in [2.75, 3.05) is 19.6 Å². The summed E-state index contributed by atoms with van der Waals surface area (Å²) >= 11 is 1.36. The van der Waals surface area contributed by atoms with Gasteiger partial charge in [-0.15, -0.1) is 0 Å². The van der Waals surface area contributed by atoms with E-state index in [-0.39, 0.29) is 12.2 Å². The van der Waals surface area contributed by atoms with Crippen molar-refractivity contribution >= 4 is 27.6 Å². The number of likely N-dealkylation sites (tertiary alicyclic amines) is 1. The van der Waals surface area contributed by atoms with E-state index < -0.39 is 5.97 Å². The van der Waals surface area contributed by atoms with E-state index in [0.717, 1.165) is 41.7 Å². The summed E-state index contributed by atoms with van der Waals surface area (Å²) in [7, 11) is 0. The summed E-state index contributed by atoms with van der Waals surface area (Å²) in [6, 6.07) is 4.85. The normalized spacial score (nSPS) is 17.4. The number of aliphatic carboxylic acids is 1. The van der Waals surface area contributed by atoms with Gasteiger partial charge in [0.25, 0.3) is 0 Å². The fourth-order valence-electron chi connectivity index (χ4n) is 2.91. The molecule has 0 bridgehead atoms. The van der Waals surface area contributed by atoms with Gasteiger partial charge in [0.2, 0.25) is 0 Å². The van der Waals surface area contributed by atoms with E-state index in [4.69, 9.17) is 5.11 Å². The lowest BCUT2D eigenvalue weighted by atomic mass is 9.91. The maximum absolute atomic E-state index is 13.2. The molecular formula is C15H17FN2O2S. The van der Waals surface area contributed by atoms with Gasteiger partial charge in [0.05, 0.1) is 16.8 Å². The molecule has 4 nitrogen and oxygen atoms in total. The Labute approximate surface area is 126 Å². The smallest absolute Gasteiger partial charge is 0.304 e. The summed E-state index contributed by atoms with van der Waals surface area (Å²) in [6.07, 6.45) is 2.16. The molecule has 1 aliphatic rings. The minimum absolute atomic E-state index is 0.198. The number of hydrogen-bond acceptors (Lipinski definition) is 4. The van der Waals surface area contributed by atoms with Crippen LogP contribution >= 0.6 is 11.5 Å². The summed E-state index contributed by atoms with van der Waals surface area (Å²) < 4.78 is 18.6. The van der Waals surface area contributed by atoms with Gasteiger partial charge in [-0.2, -0.15) is 4.37 Å². The Morgan fingerprint density at radius 3 is 2.90 bits per heavy atom. The fourth-order valence-corrected chi connectivity index (χ4v) is 3.79. The van der Waals surface area contributed by atoms with Crippen molar-refractivity contribution in [2.45, 2.75) is 25.2 Å². The summed E-state index contributed by atoms with van der Waals surface area (Å²) in [5.41, 5.74) is 1.08. The molecule has 0 unspecified atom stereocenters. The highest BCUT2D eigenvalue weighted by Gasteiger charge is 2.24. The lowest BCUT2D eigenvalue weighted by molar-refractivity contribution is -0.137. The van der Waals surface area contributed by atoms with Crippen molar-refractivity contribution in [3.05, 3.63) is 29.7 Å². The predicted molar refractivity (Wildman–Crippen MR) is 80.2 cm³/mol. The van der Waals surface area contributed by atoms with Crippen LogP contribution in [0, 0.1) is 5.82 Å². The highest BCUT2D eigenvalue weighted by molar-refractivity contribution is 7.13. The number of benzene rings is 1. The van der Waals surface area contributed by atoms with Crippen LogP contribution in [0.2, 0.25) is 0 Å². The third-order valence-corrected chi connectivity index (χ3v) is 4.90. The van der Waals surface area contributed by atoms with Gasteiger partial charge in [-0.25, -0.2) is 4.39 Å². The molecule has 0 aliphatic carbocycles. The molecule has 0 radical (unpaired) electrons.